The van der Waals surface area contributed by atoms with Crippen LogP contribution in [0.25, 0.3) is 0 Å². The number of rotatable bonds is 7. The molecule has 2 saturated heterocycles. The third-order valence-corrected chi connectivity index (χ3v) is 7.53. The van der Waals surface area contributed by atoms with Crippen LogP contribution in [0.2, 0.25) is 0 Å². The van der Waals surface area contributed by atoms with E-state index in [0.717, 1.165) is 5.56 Å². The van der Waals surface area contributed by atoms with Crippen LogP contribution in [0.3, 0.4) is 0 Å². The topological polar surface area (TPSA) is 110 Å². The fraction of sp³-hybridized carbons (Fsp3) is 0.455. The van der Waals surface area contributed by atoms with Gasteiger partial charge in [-0.05, 0) is 29.8 Å². The van der Waals surface area contributed by atoms with E-state index in [-0.39, 0.29) is 17.3 Å². The third-order valence-electron chi connectivity index (χ3n) is 5.63. The number of sulfonamides is 1. The van der Waals surface area contributed by atoms with Gasteiger partial charge in [0.1, 0.15) is 0 Å². The van der Waals surface area contributed by atoms with E-state index in [1.54, 1.807) is 30.5 Å². The van der Waals surface area contributed by atoms with Crippen molar-refractivity contribution in [2.45, 2.75) is 11.4 Å². The zero-order valence-electron chi connectivity index (χ0n) is 18.5. The molecule has 1 N–H and O–H groups in total. The van der Waals surface area contributed by atoms with Crippen LogP contribution in [-0.2, 0) is 26.0 Å². The molecule has 1 aromatic heterocycles. The number of methoxy groups -OCH3 is 1. The summed E-state index contributed by atoms with van der Waals surface area (Å²) in [5.74, 6) is 0.0978. The van der Waals surface area contributed by atoms with Crippen LogP contribution in [0.4, 0.5) is 5.69 Å². The molecule has 11 heteroatoms. The summed E-state index contributed by atoms with van der Waals surface area (Å²) in [6.45, 7) is 3.88. The highest BCUT2D eigenvalue weighted by Crippen LogP contribution is 2.27. The molecule has 2 fully saturated rings. The van der Waals surface area contributed by atoms with Crippen LogP contribution in [0.1, 0.15) is 15.9 Å². The average Bonchev–Trinajstić information content (AvgIpc) is 2.88. The van der Waals surface area contributed by atoms with E-state index in [4.69, 9.17) is 14.2 Å². The maximum absolute atomic E-state index is 13.2. The van der Waals surface area contributed by atoms with Crippen molar-refractivity contribution < 1.29 is 27.4 Å². The van der Waals surface area contributed by atoms with Crippen LogP contribution in [0.5, 0.6) is 5.88 Å². The molecular weight excluding hydrogens is 448 g/mol. The average molecular weight is 477 g/mol. The van der Waals surface area contributed by atoms with Crippen LogP contribution in [0, 0.1) is 0 Å². The Kier molecular flexibility index (Phi) is 7.43. The number of aromatic nitrogens is 1. The number of carbonyl (C=O) groups is 1. The van der Waals surface area contributed by atoms with Gasteiger partial charge in [-0.3, -0.25) is 4.79 Å². The van der Waals surface area contributed by atoms with Crippen molar-refractivity contribution >= 4 is 21.6 Å². The molecule has 178 valence electrons. The molecule has 2 aromatic rings. The molecule has 4 rings (SSSR count). The zero-order valence-corrected chi connectivity index (χ0v) is 19.3. The molecule has 0 spiro atoms. The van der Waals surface area contributed by atoms with Crippen molar-refractivity contribution in [2.24, 2.45) is 0 Å². The van der Waals surface area contributed by atoms with E-state index in [9.17, 15) is 13.2 Å². The summed E-state index contributed by atoms with van der Waals surface area (Å²) in [5.41, 5.74) is 1.82. The van der Waals surface area contributed by atoms with Gasteiger partial charge >= 0.3 is 0 Å². The fourth-order valence-corrected chi connectivity index (χ4v) is 5.26. The monoisotopic (exact) mass is 476 g/mol. The lowest BCUT2D eigenvalue weighted by molar-refractivity contribution is 0.0730. The molecule has 0 unspecified atom stereocenters. The Hall–Kier alpha value is -2.73. The second kappa shape index (κ2) is 10.5. The first kappa shape index (κ1) is 23.4. The molecule has 1 aromatic carbocycles. The number of carbonyl (C=O) groups excluding carboxylic acids is 1. The number of benzene rings is 1. The molecular formula is C22H28N4O6S. The molecule has 10 nitrogen and oxygen atoms in total. The molecule has 0 saturated carbocycles. The number of hydrogen-bond donors (Lipinski definition) is 1. The highest BCUT2D eigenvalue weighted by molar-refractivity contribution is 7.89. The van der Waals surface area contributed by atoms with Crippen molar-refractivity contribution in [1.82, 2.24) is 14.6 Å². The second-order valence-electron chi connectivity index (χ2n) is 7.68. The van der Waals surface area contributed by atoms with Crippen molar-refractivity contribution in [3.8, 4) is 5.88 Å². The quantitative estimate of drug-likeness (QED) is 0.627. The molecule has 33 heavy (non-hydrogen) atoms. The number of nitrogens with one attached hydrogen (secondary N) is 1. The first-order chi connectivity index (χ1) is 16.0. The van der Waals surface area contributed by atoms with Gasteiger partial charge in [0, 0.05) is 50.7 Å². The predicted molar refractivity (Wildman–Crippen MR) is 121 cm³/mol. The molecule has 3 heterocycles. The molecule has 2 aliphatic heterocycles. The van der Waals surface area contributed by atoms with E-state index in [1.807, 2.05) is 4.90 Å². The standard InChI is InChI=1S/C22H28N4O6S/c1-30-21-14-17(4-5-23-21)16-24-22(27)19-15-18(33(28,29)26-8-12-32-13-9-26)2-3-20(19)25-6-10-31-11-7-25/h2-5,14-15H,6-13,16H2,1H3,(H,24,27). The Morgan fingerprint density at radius 3 is 2.45 bits per heavy atom. The van der Waals surface area contributed by atoms with Crippen molar-refractivity contribution in [3.63, 3.8) is 0 Å². The Morgan fingerprint density at radius 2 is 1.76 bits per heavy atom. The Morgan fingerprint density at radius 1 is 1.06 bits per heavy atom. The van der Waals surface area contributed by atoms with Gasteiger partial charge in [-0.2, -0.15) is 4.31 Å². The van der Waals surface area contributed by atoms with Crippen LogP contribution >= 0.6 is 0 Å². The smallest absolute Gasteiger partial charge is 0.253 e. The maximum atomic E-state index is 13.2. The summed E-state index contributed by atoms with van der Waals surface area (Å²) >= 11 is 0. The van der Waals surface area contributed by atoms with E-state index in [0.29, 0.717) is 69.7 Å². The SMILES string of the molecule is COc1cc(CNC(=O)c2cc(S(=O)(=O)N3CCOCC3)ccc2N2CCOCC2)ccn1. The highest BCUT2D eigenvalue weighted by Gasteiger charge is 2.29. The van der Waals surface area contributed by atoms with E-state index >= 15 is 0 Å². The van der Waals surface area contributed by atoms with Gasteiger partial charge in [-0.15, -0.1) is 0 Å². The number of ether oxygens (including phenoxy) is 3. The Labute approximate surface area is 193 Å². The van der Waals surface area contributed by atoms with Gasteiger partial charge < -0.3 is 24.4 Å². The van der Waals surface area contributed by atoms with E-state index in [1.165, 1.54) is 17.5 Å². The lowest BCUT2D eigenvalue weighted by Gasteiger charge is -2.31. The van der Waals surface area contributed by atoms with E-state index < -0.39 is 10.0 Å². The number of pyridine rings is 1. The van der Waals surface area contributed by atoms with Crippen LogP contribution in [0.15, 0.2) is 41.4 Å². The predicted octanol–water partition coefficient (Wildman–Crippen LogP) is 0.878. The summed E-state index contributed by atoms with van der Waals surface area (Å²) in [6, 6.07) is 8.27. The van der Waals surface area contributed by atoms with E-state index in [2.05, 4.69) is 10.3 Å². The van der Waals surface area contributed by atoms with Crippen molar-refractivity contribution in [2.75, 3.05) is 64.6 Å². The van der Waals surface area contributed by atoms with Crippen LogP contribution in [-0.4, -0.2) is 83.3 Å². The molecule has 0 atom stereocenters. The Bertz CT molecular complexity index is 1080. The third kappa shape index (κ3) is 5.44. The molecule has 2 aliphatic rings. The van der Waals surface area contributed by atoms with Gasteiger partial charge in [0.05, 0.1) is 44.0 Å². The number of hydrogen-bond acceptors (Lipinski definition) is 8. The lowest BCUT2D eigenvalue weighted by atomic mass is 10.1. The van der Waals surface area contributed by atoms with Gasteiger partial charge in [0.2, 0.25) is 15.9 Å². The van der Waals surface area contributed by atoms with Crippen molar-refractivity contribution in [1.29, 1.82) is 0 Å². The molecule has 0 aliphatic carbocycles. The summed E-state index contributed by atoms with van der Waals surface area (Å²) in [7, 11) is -2.21. The molecule has 1 amide bonds. The maximum Gasteiger partial charge on any atom is 0.253 e. The Balaban J connectivity index is 1.62. The number of morpholine rings is 2. The summed E-state index contributed by atoms with van der Waals surface area (Å²) in [4.78, 5) is 19.5. The minimum Gasteiger partial charge on any atom is -0.481 e. The van der Waals surface area contributed by atoms with Gasteiger partial charge in [-0.1, -0.05) is 0 Å². The summed E-state index contributed by atoms with van der Waals surface area (Å²) in [5, 5.41) is 2.90. The first-order valence-electron chi connectivity index (χ1n) is 10.8. The zero-order chi connectivity index (χ0) is 23.3. The largest absolute Gasteiger partial charge is 0.481 e. The number of anilines is 1. The molecule has 0 bridgehead atoms. The van der Waals surface area contributed by atoms with Gasteiger partial charge in [-0.25, -0.2) is 13.4 Å². The first-order valence-corrected chi connectivity index (χ1v) is 12.2. The minimum absolute atomic E-state index is 0.0946. The van der Waals surface area contributed by atoms with Crippen molar-refractivity contribution in [3.05, 3.63) is 47.7 Å². The fourth-order valence-electron chi connectivity index (χ4n) is 3.82. The molecule has 0 radical (unpaired) electrons. The minimum atomic E-state index is -3.74. The van der Waals surface area contributed by atoms with Gasteiger partial charge in [0.15, 0.2) is 0 Å². The highest BCUT2D eigenvalue weighted by atomic mass is 32.2. The van der Waals surface area contributed by atoms with Crippen LogP contribution < -0.4 is 15.0 Å². The second-order valence-corrected chi connectivity index (χ2v) is 9.62. The number of amides is 1. The van der Waals surface area contributed by atoms with Gasteiger partial charge in [0.25, 0.3) is 5.91 Å². The lowest BCUT2D eigenvalue weighted by Crippen LogP contribution is -2.41. The summed E-state index contributed by atoms with van der Waals surface area (Å²) < 4.78 is 43.6. The number of nitrogens with zero attached hydrogens (tertiary/aromatic N) is 3. The normalized spacial score (nSPS) is 17.5. The summed E-state index contributed by atoms with van der Waals surface area (Å²) in [6.07, 6.45) is 1.61.